The third-order valence-corrected chi connectivity index (χ3v) is 3.28. The molecular formula is C15H18N4O2. The van der Waals surface area contributed by atoms with Crippen molar-refractivity contribution in [1.82, 2.24) is 4.98 Å². The summed E-state index contributed by atoms with van der Waals surface area (Å²) in [6.45, 7) is 6.22. The van der Waals surface area contributed by atoms with Crippen molar-refractivity contribution in [2.24, 2.45) is 0 Å². The number of aryl methyl sites for hydroxylation is 1. The van der Waals surface area contributed by atoms with E-state index in [9.17, 15) is 10.1 Å². The monoisotopic (exact) mass is 286 g/mol. The number of nitro groups is 1. The zero-order chi connectivity index (χ0) is 15.6. The molecule has 110 valence electrons. The average molecular weight is 286 g/mol. The molecule has 1 aromatic carbocycles. The minimum absolute atomic E-state index is 0.0929. The van der Waals surface area contributed by atoms with Gasteiger partial charge in [0.25, 0.3) is 0 Å². The van der Waals surface area contributed by atoms with Gasteiger partial charge in [-0.3, -0.25) is 10.1 Å². The molecule has 6 heteroatoms. The number of aromatic nitrogens is 1. The second kappa shape index (κ2) is 5.78. The zero-order valence-electron chi connectivity index (χ0n) is 12.3. The van der Waals surface area contributed by atoms with Crippen LogP contribution in [0.1, 0.15) is 30.9 Å². The Bertz CT molecular complexity index is 683. The number of nitrogens with two attached hydrogens (primary N) is 1. The zero-order valence-corrected chi connectivity index (χ0v) is 12.3. The van der Waals surface area contributed by atoms with E-state index >= 15 is 0 Å². The van der Waals surface area contributed by atoms with Gasteiger partial charge < -0.3 is 11.1 Å². The lowest BCUT2D eigenvalue weighted by Gasteiger charge is -2.17. The molecule has 0 unspecified atom stereocenters. The highest BCUT2D eigenvalue weighted by molar-refractivity contribution is 5.68. The van der Waals surface area contributed by atoms with E-state index in [2.05, 4.69) is 30.2 Å². The Morgan fingerprint density at radius 1 is 1.29 bits per heavy atom. The summed E-state index contributed by atoms with van der Waals surface area (Å²) in [4.78, 5) is 14.3. The SMILES string of the molecule is Cc1cccc(C(C)C)c1Nc1ccc([N+](=O)[O-])c(N)n1. The van der Waals surface area contributed by atoms with E-state index in [1.54, 1.807) is 6.07 Å². The molecule has 1 aromatic heterocycles. The molecule has 2 rings (SSSR count). The Morgan fingerprint density at radius 3 is 2.57 bits per heavy atom. The first-order valence-corrected chi connectivity index (χ1v) is 6.67. The molecule has 3 N–H and O–H groups in total. The summed E-state index contributed by atoms with van der Waals surface area (Å²) >= 11 is 0. The van der Waals surface area contributed by atoms with Crippen LogP contribution in [0.4, 0.5) is 23.0 Å². The average Bonchev–Trinajstić information content (AvgIpc) is 2.40. The second-order valence-corrected chi connectivity index (χ2v) is 5.18. The van der Waals surface area contributed by atoms with E-state index in [0.717, 1.165) is 16.8 Å². The third kappa shape index (κ3) is 3.10. The van der Waals surface area contributed by atoms with Crippen molar-refractivity contribution in [3.8, 4) is 0 Å². The van der Waals surface area contributed by atoms with Gasteiger partial charge in [0.2, 0.25) is 5.82 Å². The summed E-state index contributed by atoms with van der Waals surface area (Å²) in [5.41, 5.74) is 8.64. The number of anilines is 3. The first-order chi connectivity index (χ1) is 9.90. The van der Waals surface area contributed by atoms with Crippen molar-refractivity contribution in [3.05, 3.63) is 51.6 Å². The third-order valence-electron chi connectivity index (χ3n) is 3.28. The molecule has 0 saturated heterocycles. The van der Waals surface area contributed by atoms with Gasteiger partial charge in [0.1, 0.15) is 5.82 Å². The lowest BCUT2D eigenvalue weighted by molar-refractivity contribution is -0.384. The molecule has 21 heavy (non-hydrogen) atoms. The van der Waals surface area contributed by atoms with E-state index in [0.29, 0.717) is 11.7 Å². The summed E-state index contributed by atoms with van der Waals surface area (Å²) in [5.74, 6) is 0.752. The number of hydrogen-bond donors (Lipinski definition) is 2. The van der Waals surface area contributed by atoms with Gasteiger partial charge >= 0.3 is 5.69 Å². The molecule has 0 aliphatic carbocycles. The summed E-state index contributed by atoms with van der Waals surface area (Å²) in [6, 6.07) is 8.98. The predicted octanol–water partition coefficient (Wildman–Crippen LogP) is 3.75. The van der Waals surface area contributed by atoms with Gasteiger partial charge in [0, 0.05) is 11.8 Å². The molecular weight excluding hydrogens is 268 g/mol. The molecule has 0 aliphatic rings. The van der Waals surface area contributed by atoms with Crippen LogP contribution >= 0.6 is 0 Å². The van der Waals surface area contributed by atoms with E-state index in [1.807, 2.05) is 19.1 Å². The van der Waals surface area contributed by atoms with Crippen molar-refractivity contribution in [3.63, 3.8) is 0 Å². The maximum absolute atomic E-state index is 10.8. The summed E-state index contributed by atoms with van der Waals surface area (Å²) in [7, 11) is 0. The smallest absolute Gasteiger partial charge is 0.311 e. The first kappa shape index (κ1) is 14.8. The minimum atomic E-state index is -0.542. The largest absolute Gasteiger partial charge is 0.378 e. The fraction of sp³-hybridized carbons (Fsp3) is 0.267. The standard InChI is InChI=1S/C15H18N4O2/c1-9(2)11-6-4-5-10(3)14(11)17-13-8-7-12(19(20)21)15(16)18-13/h4-9H,1-3H3,(H3,16,17,18). The van der Waals surface area contributed by atoms with Crippen LogP contribution in [0.25, 0.3) is 0 Å². The predicted molar refractivity (Wildman–Crippen MR) is 83.9 cm³/mol. The van der Waals surface area contributed by atoms with Gasteiger partial charge in [0.15, 0.2) is 0 Å². The number of rotatable bonds is 4. The minimum Gasteiger partial charge on any atom is -0.378 e. The quantitative estimate of drug-likeness (QED) is 0.659. The number of nitrogens with one attached hydrogen (secondary N) is 1. The molecule has 2 aromatic rings. The van der Waals surface area contributed by atoms with Crippen LogP contribution in [0.15, 0.2) is 30.3 Å². The second-order valence-electron chi connectivity index (χ2n) is 5.18. The molecule has 0 bridgehead atoms. The van der Waals surface area contributed by atoms with E-state index in [1.165, 1.54) is 6.07 Å². The van der Waals surface area contributed by atoms with Gasteiger partial charge in [-0.2, -0.15) is 0 Å². The van der Waals surface area contributed by atoms with Crippen molar-refractivity contribution in [1.29, 1.82) is 0 Å². The molecule has 0 radical (unpaired) electrons. The van der Waals surface area contributed by atoms with Gasteiger partial charge in [-0.15, -0.1) is 0 Å². The Balaban J connectivity index is 2.39. The molecule has 0 fully saturated rings. The van der Waals surface area contributed by atoms with Crippen LogP contribution in [0, 0.1) is 17.0 Å². The van der Waals surface area contributed by atoms with Gasteiger partial charge in [-0.05, 0) is 30.0 Å². The van der Waals surface area contributed by atoms with Gasteiger partial charge in [0.05, 0.1) is 4.92 Å². The lowest BCUT2D eigenvalue weighted by Crippen LogP contribution is -2.04. The van der Waals surface area contributed by atoms with Crippen LogP contribution < -0.4 is 11.1 Å². The number of pyridine rings is 1. The highest BCUT2D eigenvalue weighted by Crippen LogP contribution is 2.30. The first-order valence-electron chi connectivity index (χ1n) is 6.67. The van der Waals surface area contributed by atoms with Crippen molar-refractivity contribution in [2.75, 3.05) is 11.1 Å². The fourth-order valence-electron chi connectivity index (χ4n) is 2.16. The number of benzene rings is 1. The van der Waals surface area contributed by atoms with Gasteiger partial charge in [-0.1, -0.05) is 32.0 Å². The highest BCUT2D eigenvalue weighted by Gasteiger charge is 2.14. The number of para-hydroxylation sites is 1. The maximum Gasteiger partial charge on any atom is 0.311 e. The number of hydrogen-bond acceptors (Lipinski definition) is 5. The van der Waals surface area contributed by atoms with Crippen LogP contribution in [0.5, 0.6) is 0 Å². The van der Waals surface area contributed by atoms with Crippen LogP contribution in [0.3, 0.4) is 0 Å². The fourth-order valence-corrected chi connectivity index (χ4v) is 2.16. The number of nitrogens with zero attached hydrogens (tertiary/aromatic N) is 2. The molecule has 6 nitrogen and oxygen atoms in total. The van der Waals surface area contributed by atoms with Gasteiger partial charge in [-0.25, -0.2) is 4.98 Å². The molecule has 0 saturated carbocycles. The van der Waals surface area contributed by atoms with Crippen LogP contribution in [-0.4, -0.2) is 9.91 Å². The summed E-state index contributed by atoms with van der Waals surface area (Å²) in [6.07, 6.45) is 0. The summed E-state index contributed by atoms with van der Waals surface area (Å²) < 4.78 is 0. The van der Waals surface area contributed by atoms with Crippen molar-refractivity contribution < 1.29 is 4.92 Å². The van der Waals surface area contributed by atoms with Crippen molar-refractivity contribution >= 4 is 23.0 Å². The normalized spacial score (nSPS) is 10.7. The summed E-state index contributed by atoms with van der Waals surface area (Å²) in [5, 5.41) is 14.0. The Labute approximate surface area is 123 Å². The van der Waals surface area contributed by atoms with Crippen molar-refractivity contribution in [2.45, 2.75) is 26.7 Å². The topological polar surface area (TPSA) is 94.1 Å². The highest BCUT2D eigenvalue weighted by atomic mass is 16.6. The molecule has 0 atom stereocenters. The molecule has 1 heterocycles. The van der Waals surface area contributed by atoms with E-state index in [-0.39, 0.29) is 11.5 Å². The maximum atomic E-state index is 10.8. The molecule has 0 amide bonds. The van der Waals surface area contributed by atoms with Crippen LogP contribution in [-0.2, 0) is 0 Å². The molecule has 0 spiro atoms. The van der Waals surface area contributed by atoms with E-state index < -0.39 is 4.92 Å². The Morgan fingerprint density at radius 2 is 2.00 bits per heavy atom. The molecule has 0 aliphatic heterocycles. The Hall–Kier alpha value is -2.63. The Kier molecular flexibility index (Phi) is 4.07. The van der Waals surface area contributed by atoms with E-state index in [4.69, 9.17) is 5.73 Å². The lowest BCUT2D eigenvalue weighted by atomic mass is 9.98. The van der Waals surface area contributed by atoms with Crippen LogP contribution in [0.2, 0.25) is 0 Å². The number of nitrogen functional groups attached to an aromatic ring is 1.